The van der Waals surface area contributed by atoms with Crippen LogP contribution in [-0.2, 0) is 0 Å². The van der Waals surface area contributed by atoms with E-state index in [-0.39, 0.29) is 23.0 Å². The molecule has 0 fully saturated rings. The van der Waals surface area contributed by atoms with Gasteiger partial charge in [-0.05, 0) is 12.1 Å². The minimum Gasteiger partial charge on any atom is -0.504 e. The SMILES string of the molecule is O=C(O)c1cccc(OCS)c1O. The Hall–Kier alpha value is -1.36. The van der Waals surface area contributed by atoms with E-state index >= 15 is 0 Å². The van der Waals surface area contributed by atoms with Gasteiger partial charge in [-0.2, -0.15) is 0 Å². The van der Waals surface area contributed by atoms with Crippen LogP contribution in [0.25, 0.3) is 0 Å². The Balaban J connectivity index is 3.10. The summed E-state index contributed by atoms with van der Waals surface area (Å²) in [7, 11) is 0. The molecule has 0 atom stereocenters. The Morgan fingerprint density at radius 3 is 2.77 bits per heavy atom. The summed E-state index contributed by atoms with van der Waals surface area (Å²) in [5.74, 6) is -1.36. The minimum atomic E-state index is -1.19. The average molecular weight is 200 g/mol. The number of phenols is 1. The number of aromatic hydroxyl groups is 1. The highest BCUT2D eigenvalue weighted by molar-refractivity contribution is 7.80. The van der Waals surface area contributed by atoms with Crippen molar-refractivity contribution in [1.82, 2.24) is 0 Å². The van der Waals surface area contributed by atoms with E-state index in [1.807, 2.05) is 0 Å². The molecule has 0 heterocycles. The van der Waals surface area contributed by atoms with Gasteiger partial charge < -0.3 is 14.9 Å². The summed E-state index contributed by atoms with van der Waals surface area (Å²) >= 11 is 3.78. The van der Waals surface area contributed by atoms with Gasteiger partial charge in [-0.1, -0.05) is 6.07 Å². The summed E-state index contributed by atoms with van der Waals surface area (Å²) in [6, 6.07) is 4.25. The van der Waals surface area contributed by atoms with Crippen molar-refractivity contribution < 1.29 is 19.7 Å². The molecule has 0 bridgehead atoms. The van der Waals surface area contributed by atoms with Crippen molar-refractivity contribution in [2.75, 3.05) is 5.94 Å². The second-order valence-electron chi connectivity index (χ2n) is 2.23. The normalized spacial score (nSPS) is 9.62. The third-order valence-corrected chi connectivity index (χ3v) is 1.58. The Labute approximate surface area is 80.2 Å². The first kappa shape index (κ1) is 9.73. The maximum absolute atomic E-state index is 10.5. The second kappa shape index (κ2) is 4.04. The van der Waals surface area contributed by atoms with Gasteiger partial charge in [0.05, 0.1) is 0 Å². The third kappa shape index (κ3) is 2.06. The summed E-state index contributed by atoms with van der Waals surface area (Å²) in [4.78, 5) is 10.5. The van der Waals surface area contributed by atoms with Gasteiger partial charge in [0.15, 0.2) is 11.5 Å². The van der Waals surface area contributed by atoms with Crippen molar-refractivity contribution in [3.8, 4) is 11.5 Å². The van der Waals surface area contributed by atoms with Crippen LogP contribution in [0.5, 0.6) is 11.5 Å². The van der Waals surface area contributed by atoms with E-state index in [2.05, 4.69) is 12.6 Å². The molecule has 1 rings (SSSR count). The Kier molecular flexibility index (Phi) is 3.02. The molecule has 0 radical (unpaired) electrons. The van der Waals surface area contributed by atoms with Crippen molar-refractivity contribution in [2.45, 2.75) is 0 Å². The molecule has 0 spiro atoms. The molecule has 1 aromatic carbocycles. The number of thiol groups is 1. The molecular weight excluding hydrogens is 192 g/mol. The molecule has 0 amide bonds. The molecule has 70 valence electrons. The fraction of sp³-hybridized carbons (Fsp3) is 0.125. The first-order chi connectivity index (χ1) is 6.16. The van der Waals surface area contributed by atoms with Gasteiger partial charge in [0.25, 0.3) is 0 Å². The van der Waals surface area contributed by atoms with Gasteiger partial charge in [0.1, 0.15) is 11.5 Å². The summed E-state index contributed by atoms with van der Waals surface area (Å²) in [6.45, 7) is 0. The molecule has 4 nitrogen and oxygen atoms in total. The van der Waals surface area contributed by atoms with E-state index in [0.717, 1.165) is 0 Å². The standard InChI is InChI=1S/C8H8O4S/c9-7-5(8(10)11)2-1-3-6(7)12-4-13/h1-3,9,13H,4H2,(H,10,11). The van der Waals surface area contributed by atoms with E-state index in [4.69, 9.17) is 9.84 Å². The highest BCUT2D eigenvalue weighted by Gasteiger charge is 2.12. The third-order valence-electron chi connectivity index (χ3n) is 1.45. The van der Waals surface area contributed by atoms with Crippen molar-refractivity contribution in [2.24, 2.45) is 0 Å². The van der Waals surface area contributed by atoms with E-state index in [1.54, 1.807) is 0 Å². The van der Waals surface area contributed by atoms with E-state index < -0.39 is 5.97 Å². The first-order valence-electron chi connectivity index (χ1n) is 3.45. The number of hydrogen-bond acceptors (Lipinski definition) is 4. The number of carboxylic acids is 1. The summed E-state index contributed by atoms with van der Waals surface area (Å²) < 4.78 is 4.88. The fourth-order valence-corrected chi connectivity index (χ4v) is 1.02. The molecule has 0 saturated carbocycles. The fourth-order valence-electron chi connectivity index (χ4n) is 0.881. The lowest BCUT2D eigenvalue weighted by molar-refractivity contribution is 0.0693. The number of ether oxygens (including phenoxy) is 1. The van der Waals surface area contributed by atoms with Crippen molar-refractivity contribution in [3.63, 3.8) is 0 Å². The molecule has 2 N–H and O–H groups in total. The van der Waals surface area contributed by atoms with Gasteiger partial charge in [-0.15, -0.1) is 12.6 Å². The van der Waals surface area contributed by atoms with Gasteiger partial charge in [0, 0.05) is 0 Å². The minimum absolute atomic E-state index is 0.0800. The van der Waals surface area contributed by atoms with Gasteiger partial charge in [-0.25, -0.2) is 4.79 Å². The number of benzene rings is 1. The monoisotopic (exact) mass is 200 g/mol. The lowest BCUT2D eigenvalue weighted by Crippen LogP contribution is -1.98. The highest BCUT2D eigenvalue weighted by atomic mass is 32.1. The lowest BCUT2D eigenvalue weighted by atomic mass is 10.2. The predicted octanol–water partition coefficient (Wildman–Crippen LogP) is 1.36. The van der Waals surface area contributed by atoms with Crippen LogP contribution < -0.4 is 4.74 Å². The zero-order chi connectivity index (χ0) is 9.84. The van der Waals surface area contributed by atoms with Crippen molar-refractivity contribution >= 4 is 18.6 Å². The summed E-state index contributed by atoms with van der Waals surface area (Å²) in [6.07, 6.45) is 0. The molecular formula is C8H8O4S. The maximum atomic E-state index is 10.5. The van der Waals surface area contributed by atoms with E-state index in [0.29, 0.717) is 0 Å². The number of carbonyl (C=O) groups is 1. The number of aromatic carboxylic acids is 1. The molecule has 0 saturated heterocycles. The van der Waals surface area contributed by atoms with E-state index in [1.165, 1.54) is 18.2 Å². The molecule has 0 aliphatic carbocycles. The topological polar surface area (TPSA) is 66.8 Å². The van der Waals surface area contributed by atoms with Crippen LogP contribution in [0.2, 0.25) is 0 Å². The quantitative estimate of drug-likeness (QED) is 0.509. The molecule has 0 aliphatic rings. The molecule has 5 heteroatoms. The van der Waals surface area contributed by atoms with Crippen LogP contribution in [0.3, 0.4) is 0 Å². The Morgan fingerprint density at radius 1 is 1.54 bits per heavy atom. The van der Waals surface area contributed by atoms with Crippen LogP contribution in [0.1, 0.15) is 10.4 Å². The zero-order valence-electron chi connectivity index (χ0n) is 6.60. The van der Waals surface area contributed by atoms with E-state index in [9.17, 15) is 9.90 Å². The van der Waals surface area contributed by atoms with Gasteiger partial charge in [0.2, 0.25) is 0 Å². The summed E-state index contributed by atoms with van der Waals surface area (Å²) in [5.41, 5.74) is -0.181. The summed E-state index contributed by atoms with van der Waals surface area (Å²) in [5, 5.41) is 18.0. The molecule has 13 heavy (non-hydrogen) atoms. The van der Waals surface area contributed by atoms with Gasteiger partial charge in [-0.3, -0.25) is 0 Å². The molecule has 0 aliphatic heterocycles. The van der Waals surface area contributed by atoms with Crippen LogP contribution in [-0.4, -0.2) is 22.1 Å². The van der Waals surface area contributed by atoms with Gasteiger partial charge >= 0.3 is 5.97 Å². The Bertz CT molecular complexity index is 324. The molecule has 0 aromatic heterocycles. The van der Waals surface area contributed by atoms with Crippen molar-refractivity contribution in [1.29, 1.82) is 0 Å². The largest absolute Gasteiger partial charge is 0.504 e. The lowest BCUT2D eigenvalue weighted by Gasteiger charge is -2.06. The number of carboxylic acid groups (broad SMARTS) is 1. The Morgan fingerprint density at radius 2 is 2.23 bits per heavy atom. The number of hydrogen-bond donors (Lipinski definition) is 3. The van der Waals surface area contributed by atoms with Crippen LogP contribution >= 0.6 is 12.6 Å². The van der Waals surface area contributed by atoms with Crippen molar-refractivity contribution in [3.05, 3.63) is 23.8 Å². The molecule has 0 unspecified atom stereocenters. The van der Waals surface area contributed by atoms with Crippen LogP contribution in [0, 0.1) is 0 Å². The zero-order valence-corrected chi connectivity index (χ0v) is 7.49. The van der Waals surface area contributed by atoms with Crippen LogP contribution in [0.15, 0.2) is 18.2 Å². The first-order valence-corrected chi connectivity index (χ1v) is 4.09. The molecule has 1 aromatic rings. The maximum Gasteiger partial charge on any atom is 0.339 e. The van der Waals surface area contributed by atoms with Crippen LogP contribution in [0.4, 0.5) is 0 Å². The number of para-hydroxylation sites is 1. The number of rotatable bonds is 3. The highest BCUT2D eigenvalue weighted by Crippen LogP contribution is 2.29. The smallest absolute Gasteiger partial charge is 0.339 e. The average Bonchev–Trinajstić information content (AvgIpc) is 2.08. The second-order valence-corrected chi connectivity index (χ2v) is 2.49. The predicted molar refractivity (Wildman–Crippen MR) is 49.5 cm³/mol.